The Bertz CT molecular complexity index is 926. The zero-order valence-electron chi connectivity index (χ0n) is 13.5. The molecule has 0 unspecified atom stereocenters. The summed E-state index contributed by atoms with van der Waals surface area (Å²) < 4.78 is 39.0. The molecule has 0 fully saturated rings. The molecule has 0 bridgehead atoms. The fourth-order valence-corrected chi connectivity index (χ4v) is 3.47. The number of aromatic nitrogens is 1. The Labute approximate surface area is 151 Å². The second kappa shape index (κ2) is 7.29. The number of carboxylic acids is 1. The van der Waals surface area contributed by atoms with Gasteiger partial charge in [-0.05, 0) is 47.9 Å². The van der Waals surface area contributed by atoms with E-state index in [4.69, 9.17) is 5.11 Å². The minimum Gasteiger partial charge on any atom is -0.481 e. The molecule has 3 nitrogen and oxygen atoms in total. The molecular formula is C19H14F3NO2S. The van der Waals surface area contributed by atoms with Gasteiger partial charge in [0, 0.05) is 6.42 Å². The van der Waals surface area contributed by atoms with Crippen LogP contribution < -0.4 is 0 Å². The van der Waals surface area contributed by atoms with E-state index in [2.05, 4.69) is 4.98 Å². The number of hydrogen-bond acceptors (Lipinski definition) is 3. The third kappa shape index (κ3) is 4.29. The zero-order chi connectivity index (χ0) is 18.7. The number of aliphatic carboxylic acids is 1. The van der Waals surface area contributed by atoms with Crippen LogP contribution in [0.3, 0.4) is 0 Å². The maximum atomic E-state index is 12.7. The van der Waals surface area contributed by atoms with Crippen molar-refractivity contribution in [3.05, 3.63) is 64.7 Å². The van der Waals surface area contributed by atoms with Crippen LogP contribution in [-0.2, 0) is 11.0 Å². The van der Waals surface area contributed by atoms with Gasteiger partial charge in [0.05, 0.1) is 15.8 Å². The maximum Gasteiger partial charge on any atom is 0.416 e. The second-order valence-electron chi connectivity index (χ2n) is 5.67. The monoisotopic (exact) mass is 377 g/mol. The predicted molar refractivity (Wildman–Crippen MR) is 95.8 cm³/mol. The molecule has 0 radical (unpaired) electrons. The fraction of sp³-hybridized carbons (Fsp3) is 0.158. The number of rotatable bonds is 5. The SMILES string of the molecule is O=C(O)CCC(=Cc1ccc(C(F)(F)F)cc1)c1nc2ccccc2s1. The molecule has 0 aliphatic rings. The quantitative estimate of drug-likeness (QED) is 0.619. The van der Waals surface area contributed by atoms with E-state index in [1.165, 1.54) is 23.5 Å². The number of halogens is 3. The molecule has 134 valence electrons. The van der Waals surface area contributed by atoms with Crippen LogP contribution in [0, 0.1) is 0 Å². The van der Waals surface area contributed by atoms with Crippen molar-refractivity contribution in [1.29, 1.82) is 0 Å². The molecule has 1 heterocycles. The van der Waals surface area contributed by atoms with E-state index >= 15 is 0 Å². The Hall–Kier alpha value is -2.67. The van der Waals surface area contributed by atoms with E-state index in [1.54, 1.807) is 6.08 Å². The highest BCUT2D eigenvalue weighted by atomic mass is 32.1. The van der Waals surface area contributed by atoms with Crippen LogP contribution in [0.4, 0.5) is 13.2 Å². The van der Waals surface area contributed by atoms with Gasteiger partial charge in [0.1, 0.15) is 5.01 Å². The number of benzene rings is 2. The number of allylic oxidation sites excluding steroid dienone is 1. The molecule has 0 atom stereocenters. The zero-order valence-corrected chi connectivity index (χ0v) is 14.3. The highest BCUT2D eigenvalue weighted by Crippen LogP contribution is 2.32. The van der Waals surface area contributed by atoms with Gasteiger partial charge < -0.3 is 5.11 Å². The van der Waals surface area contributed by atoms with Crippen LogP contribution in [-0.4, -0.2) is 16.1 Å². The lowest BCUT2D eigenvalue weighted by molar-refractivity contribution is -0.138. The average molecular weight is 377 g/mol. The van der Waals surface area contributed by atoms with Crippen LogP contribution in [0.5, 0.6) is 0 Å². The van der Waals surface area contributed by atoms with Crippen molar-refractivity contribution < 1.29 is 23.1 Å². The Morgan fingerprint density at radius 3 is 2.38 bits per heavy atom. The van der Waals surface area contributed by atoms with Crippen molar-refractivity contribution in [1.82, 2.24) is 4.98 Å². The topological polar surface area (TPSA) is 50.2 Å². The number of para-hydroxylation sites is 1. The normalized spacial score (nSPS) is 12.5. The summed E-state index contributed by atoms with van der Waals surface area (Å²) in [5.74, 6) is -0.940. The van der Waals surface area contributed by atoms with Crippen molar-refractivity contribution in [3.8, 4) is 0 Å². The van der Waals surface area contributed by atoms with E-state index in [0.29, 0.717) is 16.1 Å². The third-order valence-corrected chi connectivity index (χ3v) is 4.87. The first-order chi connectivity index (χ1) is 12.3. The van der Waals surface area contributed by atoms with Crippen molar-refractivity contribution in [2.75, 3.05) is 0 Å². The first-order valence-corrected chi connectivity index (χ1v) is 8.60. The molecule has 1 aromatic heterocycles. The molecule has 3 rings (SSSR count). The van der Waals surface area contributed by atoms with Gasteiger partial charge in [0.15, 0.2) is 0 Å². The predicted octanol–water partition coefficient (Wildman–Crippen LogP) is 5.72. The average Bonchev–Trinajstić information content (AvgIpc) is 3.02. The summed E-state index contributed by atoms with van der Waals surface area (Å²) in [6.45, 7) is 0. The van der Waals surface area contributed by atoms with Crippen LogP contribution in [0.15, 0.2) is 48.5 Å². The summed E-state index contributed by atoms with van der Waals surface area (Å²) in [5.41, 5.74) is 1.34. The molecule has 26 heavy (non-hydrogen) atoms. The molecule has 7 heteroatoms. The minimum atomic E-state index is -4.39. The van der Waals surface area contributed by atoms with Gasteiger partial charge in [0.25, 0.3) is 0 Å². The van der Waals surface area contributed by atoms with Gasteiger partial charge in [0.2, 0.25) is 0 Å². The number of hydrogen-bond donors (Lipinski definition) is 1. The van der Waals surface area contributed by atoms with Gasteiger partial charge in [-0.2, -0.15) is 13.2 Å². The van der Waals surface area contributed by atoms with Gasteiger partial charge in [-0.15, -0.1) is 11.3 Å². The number of carboxylic acid groups (broad SMARTS) is 1. The second-order valence-corrected chi connectivity index (χ2v) is 6.70. The summed E-state index contributed by atoms with van der Waals surface area (Å²) in [6, 6.07) is 12.3. The molecule has 2 aromatic carbocycles. The summed E-state index contributed by atoms with van der Waals surface area (Å²) in [5, 5.41) is 9.65. The minimum absolute atomic E-state index is 0.0810. The molecule has 0 spiro atoms. The molecular weight excluding hydrogens is 363 g/mol. The number of nitrogens with zero attached hydrogens (tertiary/aromatic N) is 1. The van der Waals surface area contributed by atoms with Gasteiger partial charge >= 0.3 is 12.1 Å². The lowest BCUT2D eigenvalue weighted by Crippen LogP contribution is -2.04. The number of thiazole rings is 1. The molecule has 3 aromatic rings. The Kier molecular flexibility index (Phi) is 5.08. The Morgan fingerprint density at radius 1 is 1.08 bits per heavy atom. The molecule has 0 saturated heterocycles. The molecule has 1 N–H and O–H groups in total. The molecule has 0 saturated carbocycles. The summed E-state index contributed by atoms with van der Waals surface area (Å²) in [6.07, 6.45) is -2.53. The van der Waals surface area contributed by atoms with Crippen molar-refractivity contribution in [2.24, 2.45) is 0 Å². The highest BCUT2D eigenvalue weighted by molar-refractivity contribution is 7.19. The van der Waals surface area contributed by atoms with E-state index in [0.717, 1.165) is 22.3 Å². The number of fused-ring (bicyclic) bond motifs is 1. The van der Waals surface area contributed by atoms with Crippen LogP contribution in [0.25, 0.3) is 21.9 Å². The van der Waals surface area contributed by atoms with Gasteiger partial charge in [-0.25, -0.2) is 4.98 Å². The van der Waals surface area contributed by atoms with Crippen LogP contribution in [0.2, 0.25) is 0 Å². The van der Waals surface area contributed by atoms with Crippen molar-refractivity contribution in [3.63, 3.8) is 0 Å². The summed E-state index contributed by atoms with van der Waals surface area (Å²) in [4.78, 5) is 15.5. The third-order valence-electron chi connectivity index (χ3n) is 3.76. The van der Waals surface area contributed by atoms with E-state index < -0.39 is 17.7 Å². The summed E-state index contributed by atoms with van der Waals surface area (Å²) >= 11 is 1.43. The van der Waals surface area contributed by atoms with E-state index in [1.807, 2.05) is 24.3 Å². The van der Waals surface area contributed by atoms with Crippen LogP contribution >= 0.6 is 11.3 Å². The van der Waals surface area contributed by atoms with Gasteiger partial charge in [-0.3, -0.25) is 4.79 Å². The molecule has 0 aliphatic heterocycles. The standard InChI is InChI=1S/C19H14F3NO2S/c20-19(21,22)14-8-5-12(6-9-14)11-13(7-10-17(24)25)18-23-15-3-1-2-4-16(15)26-18/h1-6,8-9,11H,7,10H2,(H,24,25). The first kappa shape index (κ1) is 18.1. The highest BCUT2D eigenvalue weighted by Gasteiger charge is 2.29. The van der Waals surface area contributed by atoms with Crippen molar-refractivity contribution >= 4 is 39.2 Å². The van der Waals surface area contributed by atoms with Gasteiger partial charge in [-0.1, -0.05) is 24.3 Å². The number of carbonyl (C=O) groups is 1. The maximum absolute atomic E-state index is 12.7. The molecule has 0 aliphatic carbocycles. The summed E-state index contributed by atoms with van der Waals surface area (Å²) in [7, 11) is 0. The Balaban J connectivity index is 1.97. The molecule has 0 amide bonds. The smallest absolute Gasteiger partial charge is 0.416 e. The van der Waals surface area contributed by atoms with Crippen LogP contribution in [0.1, 0.15) is 29.0 Å². The fourth-order valence-electron chi connectivity index (χ4n) is 2.46. The first-order valence-electron chi connectivity index (χ1n) is 7.78. The van der Waals surface area contributed by atoms with E-state index in [-0.39, 0.29) is 12.8 Å². The lowest BCUT2D eigenvalue weighted by atomic mass is 10.1. The van der Waals surface area contributed by atoms with E-state index in [9.17, 15) is 18.0 Å². The largest absolute Gasteiger partial charge is 0.481 e. The van der Waals surface area contributed by atoms with Crippen molar-refractivity contribution in [2.45, 2.75) is 19.0 Å². The Morgan fingerprint density at radius 2 is 1.77 bits per heavy atom. The number of alkyl halides is 3. The lowest BCUT2D eigenvalue weighted by Gasteiger charge is -2.07.